The molecule has 0 aliphatic heterocycles. The van der Waals surface area contributed by atoms with Crippen molar-refractivity contribution in [2.24, 2.45) is 11.8 Å². The van der Waals surface area contributed by atoms with Crippen molar-refractivity contribution in [2.45, 2.75) is 49.8 Å². The molecule has 1 aliphatic rings. The Hall–Kier alpha value is -1.07. The van der Waals surface area contributed by atoms with Crippen molar-refractivity contribution in [3.8, 4) is 0 Å². The summed E-state index contributed by atoms with van der Waals surface area (Å²) in [5, 5.41) is 14.9. The topological polar surface area (TPSA) is 55.2 Å². The fraction of sp³-hybridized carbons (Fsp3) is 0.625. The largest absolute Gasteiger partial charge is 0.313 e. The second-order valence-corrected chi connectivity index (χ2v) is 7.30. The molecular formula is C16H24N2O2S. The van der Waals surface area contributed by atoms with E-state index in [1.807, 2.05) is 23.9 Å². The SMILES string of the molecule is CCNC1CC(C)CC(C)C1Sc1ccc([N+](=O)[O-])cc1. The van der Waals surface area contributed by atoms with Crippen molar-refractivity contribution in [3.63, 3.8) is 0 Å². The number of nitrogens with zero attached hydrogens (tertiary/aromatic N) is 1. The fourth-order valence-electron chi connectivity index (χ4n) is 3.29. The van der Waals surface area contributed by atoms with E-state index in [1.54, 1.807) is 12.1 Å². The quantitative estimate of drug-likeness (QED) is 0.657. The fourth-order valence-corrected chi connectivity index (χ4v) is 4.62. The van der Waals surface area contributed by atoms with Gasteiger partial charge in [0.2, 0.25) is 0 Å². The van der Waals surface area contributed by atoms with Gasteiger partial charge in [0.15, 0.2) is 0 Å². The number of nitrogens with one attached hydrogen (secondary N) is 1. The summed E-state index contributed by atoms with van der Waals surface area (Å²) in [7, 11) is 0. The van der Waals surface area contributed by atoms with Crippen LogP contribution in [-0.4, -0.2) is 22.8 Å². The molecule has 1 aromatic carbocycles. The van der Waals surface area contributed by atoms with Crippen LogP contribution < -0.4 is 5.32 Å². The second-order valence-electron chi connectivity index (χ2n) is 6.05. The lowest BCUT2D eigenvalue weighted by molar-refractivity contribution is -0.384. The minimum atomic E-state index is -0.346. The van der Waals surface area contributed by atoms with Crippen LogP contribution in [0.1, 0.15) is 33.6 Å². The predicted molar refractivity (Wildman–Crippen MR) is 87.8 cm³/mol. The maximum absolute atomic E-state index is 10.7. The van der Waals surface area contributed by atoms with Crippen LogP contribution in [0, 0.1) is 22.0 Å². The molecule has 4 atom stereocenters. The zero-order valence-corrected chi connectivity index (χ0v) is 13.7. The van der Waals surface area contributed by atoms with Crippen LogP contribution in [0.15, 0.2) is 29.2 Å². The molecule has 4 unspecified atom stereocenters. The van der Waals surface area contributed by atoms with Crippen LogP contribution >= 0.6 is 11.8 Å². The number of nitro benzene ring substituents is 1. The van der Waals surface area contributed by atoms with E-state index in [0.29, 0.717) is 17.2 Å². The Bertz CT molecular complexity index is 478. The molecule has 0 amide bonds. The number of hydrogen-bond acceptors (Lipinski definition) is 4. The Morgan fingerprint density at radius 3 is 2.52 bits per heavy atom. The van der Waals surface area contributed by atoms with E-state index >= 15 is 0 Å². The summed E-state index contributed by atoms with van der Waals surface area (Å²) in [5.74, 6) is 1.41. The number of thioether (sulfide) groups is 1. The molecule has 0 spiro atoms. The molecule has 21 heavy (non-hydrogen) atoms. The first-order valence-corrected chi connectivity index (χ1v) is 8.53. The molecule has 1 saturated carbocycles. The second kappa shape index (κ2) is 7.27. The van der Waals surface area contributed by atoms with Crippen molar-refractivity contribution >= 4 is 17.4 Å². The standard InChI is InChI=1S/C16H24N2O2S/c1-4-17-15-10-11(2)9-12(3)16(15)21-14-7-5-13(6-8-14)18(19)20/h5-8,11-12,15-17H,4,9-10H2,1-3H3. The van der Waals surface area contributed by atoms with E-state index in [4.69, 9.17) is 0 Å². The Morgan fingerprint density at radius 1 is 1.29 bits per heavy atom. The van der Waals surface area contributed by atoms with E-state index < -0.39 is 0 Å². The summed E-state index contributed by atoms with van der Waals surface area (Å²) in [6.45, 7) is 7.79. The molecule has 116 valence electrons. The van der Waals surface area contributed by atoms with E-state index in [1.165, 1.54) is 12.8 Å². The molecular weight excluding hydrogens is 284 g/mol. The Labute approximate surface area is 130 Å². The molecule has 1 N–H and O–H groups in total. The summed E-state index contributed by atoms with van der Waals surface area (Å²) in [5.41, 5.74) is 0.160. The number of non-ortho nitro benzene ring substituents is 1. The Kier molecular flexibility index (Phi) is 5.65. The van der Waals surface area contributed by atoms with Gasteiger partial charge in [-0.15, -0.1) is 11.8 Å². The molecule has 1 fully saturated rings. The average molecular weight is 308 g/mol. The van der Waals surface area contributed by atoms with Crippen LogP contribution in [0.3, 0.4) is 0 Å². The van der Waals surface area contributed by atoms with Crippen molar-refractivity contribution in [1.82, 2.24) is 5.32 Å². The Morgan fingerprint density at radius 2 is 1.95 bits per heavy atom. The average Bonchev–Trinajstić information content (AvgIpc) is 2.43. The smallest absolute Gasteiger partial charge is 0.269 e. The zero-order chi connectivity index (χ0) is 15.4. The van der Waals surface area contributed by atoms with Crippen molar-refractivity contribution < 1.29 is 4.92 Å². The number of nitro groups is 1. The highest BCUT2D eigenvalue weighted by Gasteiger charge is 2.34. The third-order valence-electron chi connectivity index (χ3n) is 4.17. The van der Waals surface area contributed by atoms with Crippen molar-refractivity contribution in [3.05, 3.63) is 34.4 Å². The molecule has 0 saturated heterocycles. The Balaban J connectivity index is 2.09. The van der Waals surface area contributed by atoms with Gasteiger partial charge in [-0.3, -0.25) is 10.1 Å². The zero-order valence-electron chi connectivity index (χ0n) is 12.9. The minimum absolute atomic E-state index is 0.160. The van der Waals surface area contributed by atoms with Gasteiger partial charge in [0.1, 0.15) is 0 Å². The molecule has 2 rings (SSSR count). The van der Waals surface area contributed by atoms with Crippen LogP contribution in [0.5, 0.6) is 0 Å². The van der Waals surface area contributed by atoms with Gasteiger partial charge in [0, 0.05) is 28.3 Å². The summed E-state index contributed by atoms with van der Waals surface area (Å²) < 4.78 is 0. The molecule has 0 bridgehead atoms. The van der Waals surface area contributed by atoms with Gasteiger partial charge in [0.05, 0.1) is 4.92 Å². The third kappa shape index (κ3) is 4.20. The van der Waals surface area contributed by atoms with Crippen LogP contribution in [0.2, 0.25) is 0 Å². The van der Waals surface area contributed by atoms with Gasteiger partial charge in [-0.25, -0.2) is 0 Å². The molecule has 4 nitrogen and oxygen atoms in total. The molecule has 5 heteroatoms. The van der Waals surface area contributed by atoms with Gasteiger partial charge in [-0.1, -0.05) is 20.8 Å². The maximum Gasteiger partial charge on any atom is 0.269 e. The predicted octanol–water partition coefficient (Wildman–Crippen LogP) is 4.10. The monoisotopic (exact) mass is 308 g/mol. The normalized spacial score (nSPS) is 29.3. The van der Waals surface area contributed by atoms with Crippen LogP contribution in [0.4, 0.5) is 5.69 Å². The summed E-state index contributed by atoms with van der Waals surface area (Å²) in [6.07, 6.45) is 2.47. The van der Waals surface area contributed by atoms with E-state index in [0.717, 1.165) is 17.4 Å². The molecule has 0 radical (unpaired) electrons. The third-order valence-corrected chi connectivity index (χ3v) is 5.78. The summed E-state index contributed by atoms with van der Waals surface area (Å²) in [4.78, 5) is 11.5. The highest BCUT2D eigenvalue weighted by atomic mass is 32.2. The first kappa shape index (κ1) is 16.3. The lowest BCUT2D eigenvalue weighted by Crippen LogP contribution is -2.46. The maximum atomic E-state index is 10.7. The van der Waals surface area contributed by atoms with Gasteiger partial charge in [-0.05, 0) is 43.4 Å². The van der Waals surface area contributed by atoms with Crippen LogP contribution in [0.25, 0.3) is 0 Å². The van der Waals surface area contributed by atoms with Crippen molar-refractivity contribution in [1.29, 1.82) is 0 Å². The molecule has 0 aromatic heterocycles. The number of rotatable bonds is 5. The van der Waals surface area contributed by atoms with E-state index in [-0.39, 0.29) is 10.6 Å². The lowest BCUT2D eigenvalue weighted by atomic mass is 9.80. The van der Waals surface area contributed by atoms with E-state index in [9.17, 15) is 10.1 Å². The number of hydrogen-bond donors (Lipinski definition) is 1. The highest BCUT2D eigenvalue weighted by Crippen LogP contribution is 2.40. The minimum Gasteiger partial charge on any atom is -0.313 e. The van der Waals surface area contributed by atoms with Gasteiger partial charge >= 0.3 is 0 Å². The molecule has 1 aliphatic carbocycles. The van der Waals surface area contributed by atoms with E-state index in [2.05, 4.69) is 26.1 Å². The van der Waals surface area contributed by atoms with Crippen LogP contribution in [-0.2, 0) is 0 Å². The van der Waals surface area contributed by atoms with Gasteiger partial charge < -0.3 is 5.32 Å². The highest BCUT2D eigenvalue weighted by molar-refractivity contribution is 8.00. The lowest BCUT2D eigenvalue weighted by Gasteiger charge is -2.39. The summed E-state index contributed by atoms with van der Waals surface area (Å²) in [6, 6.07) is 7.46. The summed E-state index contributed by atoms with van der Waals surface area (Å²) >= 11 is 1.86. The first-order chi connectivity index (χ1) is 10.0. The van der Waals surface area contributed by atoms with Crippen molar-refractivity contribution in [2.75, 3.05) is 6.54 Å². The van der Waals surface area contributed by atoms with Gasteiger partial charge in [-0.2, -0.15) is 0 Å². The van der Waals surface area contributed by atoms with Gasteiger partial charge in [0.25, 0.3) is 5.69 Å². The molecule has 0 heterocycles. The first-order valence-electron chi connectivity index (χ1n) is 7.65. The number of benzene rings is 1. The molecule has 1 aromatic rings.